The SMILES string of the molecule is Cc1ccc(S(=O)(=O)NC(=O)c2cc(Cl)c3c(c2)OCCCO3)c(C)c1. The predicted molar refractivity (Wildman–Crippen MR) is 97.6 cm³/mol. The van der Waals surface area contributed by atoms with Gasteiger partial charge in [-0.1, -0.05) is 29.3 Å². The van der Waals surface area contributed by atoms with Crippen molar-refractivity contribution in [2.75, 3.05) is 13.2 Å². The van der Waals surface area contributed by atoms with Crippen LogP contribution in [0.15, 0.2) is 35.2 Å². The summed E-state index contributed by atoms with van der Waals surface area (Å²) in [6.07, 6.45) is 0.688. The minimum absolute atomic E-state index is 0.0527. The summed E-state index contributed by atoms with van der Waals surface area (Å²) in [5.41, 5.74) is 1.57. The number of fused-ring (bicyclic) bond motifs is 1. The number of carbonyl (C=O) groups is 1. The molecule has 0 saturated carbocycles. The first-order chi connectivity index (χ1) is 12.3. The van der Waals surface area contributed by atoms with E-state index in [0.29, 0.717) is 36.7 Å². The van der Waals surface area contributed by atoms with Crippen LogP contribution in [-0.2, 0) is 10.0 Å². The van der Waals surface area contributed by atoms with E-state index < -0.39 is 15.9 Å². The molecule has 2 aromatic carbocycles. The summed E-state index contributed by atoms with van der Waals surface area (Å²) in [6.45, 7) is 4.42. The van der Waals surface area contributed by atoms with Gasteiger partial charge in [-0.3, -0.25) is 4.79 Å². The minimum Gasteiger partial charge on any atom is -0.489 e. The van der Waals surface area contributed by atoms with E-state index in [4.69, 9.17) is 21.1 Å². The maximum atomic E-state index is 12.6. The molecule has 0 aromatic heterocycles. The number of rotatable bonds is 3. The van der Waals surface area contributed by atoms with Crippen molar-refractivity contribution >= 4 is 27.5 Å². The lowest BCUT2D eigenvalue weighted by molar-refractivity contribution is 0.0981. The first kappa shape index (κ1) is 18.5. The van der Waals surface area contributed by atoms with Crippen molar-refractivity contribution in [1.29, 1.82) is 0 Å². The number of amides is 1. The van der Waals surface area contributed by atoms with E-state index in [9.17, 15) is 13.2 Å². The molecule has 0 bridgehead atoms. The van der Waals surface area contributed by atoms with Gasteiger partial charge in [0.1, 0.15) is 0 Å². The molecule has 0 saturated heterocycles. The number of nitrogens with one attached hydrogen (secondary N) is 1. The third kappa shape index (κ3) is 3.78. The number of hydrogen-bond acceptors (Lipinski definition) is 5. The van der Waals surface area contributed by atoms with Crippen LogP contribution in [0, 0.1) is 13.8 Å². The number of sulfonamides is 1. The molecular weight excluding hydrogens is 378 g/mol. The van der Waals surface area contributed by atoms with E-state index in [0.717, 1.165) is 5.56 Å². The van der Waals surface area contributed by atoms with E-state index in [2.05, 4.69) is 4.72 Å². The second kappa shape index (κ2) is 7.17. The molecule has 1 aliphatic heterocycles. The van der Waals surface area contributed by atoms with Gasteiger partial charge in [0.15, 0.2) is 11.5 Å². The van der Waals surface area contributed by atoms with Gasteiger partial charge >= 0.3 is 0 Å². The van der Waals surface area contributed by atoms with Crippen LogP contribution in [-0.4, -0.2) is 27.5 Å². The topological polar surface area (TPSA) is 81.7 Å². The van der Waals surface area contributed by atoms with E-state index in [-0.39, 0.29) is 15.5 Å². The van der Waals surface area contributed by atoms with Gasteiger partial charge in [-0.25, -0.2) is 13.1 Å². The van der Waals surface area contributed by atoms with Crippen molar-refractivity contribution < 1.29 is 22.7 Å². The van der Waals surface area contributed by atoms with E-state index in [1.807, 2.05) is 6.92 Å². The minimum atomic E-state index is -4.01. The molecule has 1 heterocycles. The molecular formula is C18H18ClNO5S. The van der Waals surface area contributed by atoms with E-state index in [1.54, 1.807) is 19.1 Å². The standard InChI is InChI=1S/C18H18ClNO5S/c1-11-4-5-16(12(2)8-11)26(22,23)20-18(21)13-9-14(19)17-15(10-13)24-6-3-7-25-17/h4-5,8-10H,3,6-7H2,1-2H3,(H,20,21). The normalized spacial score (nSPS) is 13.8. The fourth-order valence-corrected chi connectivity index (χ4v) is 4.17. The summed E-state index contributed by atoms with van der Waals surface area (Å²) in [5.74, 6) is -0.107. The molecule has 138 valence electrons. The highest BCUT2D eigenvalue weighted by atomic mass is 35.5. The molecule has 0 atom stereocenters. The molecule has 1 N–H and O–H groups in total. The van der Waals surface area contributed by atoms with Gasteiger partial charge in [-0.05, 0) is 37.6 Å². The van der Waals surface area contributed by atoms with Gasteiger partial charge in [0, 0.05) is 12.0 Å². The molecule has 0 unspecified atom stereocenters. The fraction of sp³-hybridized carbons (Fsp3) is 0.278. The van der Waals surface area contributed by atoms with Gasteiger partial charge < -0.3 is 9.47 Å². The van der Waals surface area contributed by atoms with E-state index >= 15 is 0 Å². The van der Waals surface area contributed by atoms with Crippen LogP contribution >= 0.6 is 11.6 Å². The number of aryl methyl sites for hydroxylation is 2. The maximum Gasteiger partial charge on any atom is 0.265 e. The van der Waals surface area contributed by atoms with Gasteiger partial charge in [-0.15, -0.1) is 0 Å². The lowest BCUT2D eigenvalue weighted by atomic mass is 10.2. The number of ether oxygens (including phenoxy) is 2. The molecule has 26 heavy (non-hydrogen) atoms. The molecule has 0 aliphatic carbocycles. The molecule has 3 rings (SSSR count). The molecule has 0 radical (unpaired) electrons. The predicted octanol–water partition coefficient (Wildman–Crippen LogP) is 3.24. The lowest BCUT2D eigenvalue weighted by Crippen LogP contribution is -2.31. The zero-order valence-electron chi connectivity index (χ0n) is 14.3. The Morgan fingerprint density at radius 2 is 1.85 bits per heavy atom. The summed E-state index contributed by atoms with van der Waals surface area (Å²) in [7, 11) is -4.01. The molecule has 2 aromatic rings. The smallest absolute Gasteiger partial charge is 0.265 e. The Hall–Kier alpha value is -2.25. The highest BCUT2D eigenvalue weighted by Gasteiger charge is 2.23. The number of hydrogen-bond donors (Lipinski definition) is 1. The number of halogens is 1. The average Bonchev–Trinajstić information content (AvgIpc) is 2.79. The largest absolute Gasteiger partial charge is 0.489 e. The van der Waals surface area contributed by atoms with Crippen LogP contribution in [0.2, 0.25) is 5.02 Å². The van der Waals surface area contributed by atoms with Crippen molar-refractivity contribution in [2.45, 2.75) is 25.2 Å². The second-order valence-electron chi connectivity index (χ2n) is 6.04. The third-order valence-electron chi connectivity index (χ3n) is 3.91. The van der Waals surface area contributed by atoms with Gasteiger partial charge in [-0.2, -0.15) is 0 Å². The Balaban J connectivity index is 1.90. The summed E-state index contributed by atoms with van der Waals surface area (Å²) >= 11 is 6.16. The quantitative estimate of drug-likeness (QED) is 0.862. The summed E-state index contributed by atoms with van der Waals surface area (Å²) in [4.78, 5) is 12.5. The zero-order chi connectivity index (χ0) is 18.9. The van der Waals surface area contributed by atoms with Crippen molar-refractivity contribution in [3.8, 4) is 11.5 Å². The number of benzene rings is 2. The highest BCUT2D eigenvalue weighted by Crippen LogP contribution is 2.38. The van der Waals surface area contributed by atoms with Crippen LogP contribution in [0.4, 0.5) is 0 Å². The zero-order valence-corrected chi connectivity index (χ0v) is 15.9. The first-order valence-electron chi connectivity index (χ1n) is 8.01. The van der Waals surface area contributed by atoms with Crippen molar-refractivity contribution in [2.24, 2.45) is 0 Å². The summed E-state index contributed by atoms with van der Waals surface area (Å²) in [6, 6.07) is 7.68. The van der Waals surface area contributed by atoms with Crippen LogP contribution in [0.25, 0.3) is 0 Å². The van der Waals surface area contributed by atoms with Crippen LogP contribution in [0.5, 0.6) is 11.5 Å². The monoisotopic (exact) mass is 395 g/mol. The molecule has 6 nitrogen and oxygen atoms in total. The maximum absolute atomic E-state index is 12.6. The highest BCUT2D eigenvalue weighted by molar-refractivity contribution is 7.90. The van der Waals surface area contributed by atoms with Crippen molar-refractivity contribution in [3.63, 3.8) is 0 Å². The average molecular weight is 396 g/mol. The summed E-state index contributed by atoms with van der Waals surface area (Å²) in [5, 5.41) is 0.193. The summed E-state index contributed by atoms with van der Waals surface area (Å²) < 4.78 is 38.2. The number of carbonyl (C=O) groups excluding carboxylic acids is 1. The van der Waals surface area contributed by atoms with Crippen molar-refractivity contribution in [1.82, 2.24) is 4.72 Å². The van der Waals surface area contributed by atoms with Crippen LogP contribution in [0.3, 0.4) is 0 Å². The van der Waals surface area contributed by atoms with Gasteiger partial charge in [0.05, 0.1) is 23.1 Å². The first-order valence-corrected chi connectivity index (χ1v) is 9.87. The molecule has 0 fully saturated rings. The molecule has 0 spiro atoms. The molecule has 1 aliphatic rings. The molecule has 1 amide bonds. The van der Waals surface area contributed by atoms with Crippen LogP contribution in [0.1, 0.15) is 27.9 Å². The Bertz CT molecular complexity index is 972. The van der Waals surface area contributed by atoms with Crippen molar-refractivity contribution in [3.05, 3.63) is 52.0 Å². The molecule has 8 heteroatoms. The van der Waals surface area contributed by atoms with E-state index in [1.165, 1.54) is 18.2 Å². The van der Waals surface area contributed by atoms with Gasteiger partial charge in [0.2, 0.25) is 0 Å². The Labute approximate surface area is 157 Å². The van der Waals surface area contributed by atoms with Gasteiger partial charge in [0.25, 0.3) is 15.9 Å². The Kier molecular flexibility index (Phi) is 5.11. The Morgan fingerprint density at radius 3 is 2.58 bits per heavy atom. The van der Waals surface area contributed by atoms with Crippen LogP contribution < -0.4 is 14.2 Å². The second-order valence-corrected chi connectivity index (χ2v) is 8.10. The lowest BCUT2D eigenvalue weighted by Gasteiger charge is -2.13. The fourth-order valence-electron chi connectivity index (χ4n) is 2.70. The third-order valence-corrected chi connectivity index (χ3v) is 5.68. The Morgan fingerprint density at radius 1 is 1.12 bits per heavy atom.